The zero-order valence-corrected chi connectivity index (χ0v) is 10.9. The largest absolute Gasteiger partial charge is 0.445 e. The fourth-order valence-corrected chi connectivity index (χ4v) is 1.80. The smallest absolute Gasteiger partial charge is 0.407 e. The molecule has 0 heterocycles. The first-order valence-corrected chi connectivity index (χ1v) is 6.41. The molecule has 0 bridgehead atoms. The topological polar surface area (TPSA) is 38.3 Å². The van der Waals surface area contributed by atoms with Crippen LogP contribution < -0.4 is 5.32 Å². The van der Waals surface area contributed by atoms with Crippen LogP contribution in [0.4, 0.5) is 4.79 Å². The van der Waals surface area contributed by atoms with E-state index in [-0.39, 0.29) is 12.1 Å². The number of alkyl carbamates (subject to hydrolysis) is 1. The van der Waals surface area contributed by atoms with Crippen LogP contribution in [0.25, 0.3) is 0 Å². The summed E-state index contributed by atoms with van der Waals surface area (Å²) < 4.78 is 5.09. The minimum atomic E-state index is -0.366. The number of carbonyl (C=O) groups excluding carboxylic acids is 1. The first kappa shape index (κ1) is 13.0. The number of carbonyl (C=O) groups is 1. The number of ether oxygens (including phenoxy) is 1. The summed E-state index contributed by atoms with van der Waals surface area (Å²) >= 11 is 3.33. The molecular weight excluding hydrogens is 270 g/mol. The monoisotopic (exact) mass is 285 g/mol. The van der Waals surface area contributed by atoms with Crippen molar-refractivity contribution in [3.63, 3.8) is 0 Å². The third-order valence-corrected chi connectivity index (χ3v) is 3.00. The van der Waals surface area contributed by atoms with Gasteiger partial charge in [0.05, 0.1) is 0 Å². The van der Waals surface area contributed by atoms with Crippen molar-refractivity contribution in [3.8, 4) is 0 Å². The second kappa shape index (κ2) is 7.28. The van der Waals surface area contributed by atoms with Gasteiger partial charge in [-0.1, -0.05) is 53.2 Å². The molecule has 1 N–H and O–H groups in total. The fourth-order valence-electron chi connectivity index (χ4n) is 1.18. The van der Waals surface area contributed by atoms with E-state index in [1.54, 1.807) is 0 Å². The van der Waals surface area contributed by atoms with Crippen molar-refractivity contribution in [2.24, 2.45) is 0 Å². The third-order valence-electron chi connectivity index (χ3n) is 2.21. The lowest BCUT2D eigenvalue weighted by Crippen LogP contribution is -2.35. The van der Waals surface area contributed by atoms with Gasteiger partial charge in [-0.25, -0.2) is 4.79 Å². The first-order valence-electron chi connectivity index (χ1n) is 5.29. The Morgan fingerprint density at radius 1 is 1.44 bits per heavy atom. The van der Waals surface area contributed by atoms with Gasteiger partial charge in [-0.3, -0.25) is 0 Å². The number of alkyl halides is 1. The van der Waals surface area contributed by atoms with Crippen LogP contribution in [0.5, 0.6) is 0 Å². The first-order chi connectivity index (χ1) is 7.76. The summed E-state index contributed by atoms with van der Waals surface area (Å²) in [4.78, 5) is 11.4. The number of hydrogen-bond donors (Lipinski definition) is 1. The molecule has 0 aromatic heterocycles. The van der Waals surface area contributed by atoms with E-state index in [4.69, 9.17) is 4.74 Å². The quantitative estimate of drug-likeness (QED) is 0.845. The molecule has 0 saturated carbocycles. The third kappa shape index (κ3) is 4.66. The van der Waals surface area contributed by atoms with Crippen molar-refractivity contribution < 1.29 is 9.53 Å². The van der Waals surface area contributed by atoms with Gasteiger partial charge >= 0.3 is 6.09 Å². The molecule has 0 aliphatic carbocycles. The van der Waals surface area contributed by atoms with Gasteiger partial charge in [0.2, 0.25) is 0 Å². The van der Waals surface area contributed by atoms with Crippen molar-refractivity contribution in [2.45, 2.75) is 26.0 Å². The van der Waals surface area contributed by atoms with E-state index >= 15 is 0 Å². The highest BCUT2D eigenvalue weighted by Crippen LogP contribution is 2.02. The normalized spacial score (nSPS) is 11.9. The molecule has 1 atom stereocenters. The van der Waals surface area contributed by atoms with Crippen LogP contribution in [0.3, 0.4) is 0 Å². The maximum Gasteiger partial charge on any atom is 0.407 e. The molecule has 1 aromatic carbocycles. The second-order valence-electron chi connectivity index (χ2n) is 3.47. The standard InChI is InChI=1S/C12H16BrNO2/c1-2-11(8-13)14-12(15)16-9-10-6-4-3-5-7-10/h3-7,11H,2,8-9H2,1H3,(H,14,15). The lowest BCUT2D eigenvalue weighted by Gasteiger charge is -2.13. The highest BCUT2D eigenvalue weighted by atomic mass is 79.9. The van der Waals surface area contributed by atoms with Crippen LogP contribution in [-0.4, -0.2) is 17.5 Å². The average Bonchev–Trinajstić information content (AvgIpc) is 2.34. The molecule has 1 amide bonds. The van der Waals surface area contributed by atoms with Gasteiger partial charge < -0.3 is 10.1 Å². The number of benzene rings is 1. The Labute approximate surface area is 104 Å². The number of rotatable bonds is 5. The van der Waals surface area contributed by atoms with Gasteiger partial charge in [0.1, 0.15) is 6.61 Å². The summed E-state index contributed by atoms with van der Waals surface area (Å²) in [5, 5.41) is 3.52. The SMILES string of the molecule is CCC(CBr)NC(=O)OCc1ccccc1. The van der Waals surface area contributed by atoms with Crippen molar-refractivity contribution >= 4 is 22.0 Å². The number of nitrogens with one attached hydrogen (secondary N) is 1. The highest BCUT2D eigenvalue weighted by Gasteiger charge is 2.09. The molecule has 1 rings (SSSR count). The molecule has 16 heavy (non-hydrogen) atoms. The maximum atomic E-state index is 11.4. The zero-order valence-electron chi connectivity index (χ0n) is 9.28. The summed E-state index contributed by atoms with van der Waals surface area (Å²) in [5.74, 6) is 0. The molecule has 1 aromatic rings. The van der Waals surface area contributed by atoms with Gasteiger partial charge in [-0.15, -0.1) is 0 Å². The maximum absolute atomic E-state index is 11.4. The lowest BCUT2D eigenvalue weighted by molar-refractivity contribution is 0.136. The van der Waals surface area contributed by atoms with Crippen LogP contribution in [0.2, 0.25) is 0 Å². The van der Waals surface area contributed by atoms with Gasteiger partial charge in [-0.2, -0.15) is 0 Å². The van der Waals surface area contributed by atoms with Gasteiger partial charge in [0.25, 0.3) is 0 Å². The Morgan fingerprint density at radius 3 is 2.69 bits per heavy atom. The zero-order chi connectivity index (χ0) is 11.8. The number of halogens is 1. The van der Waals surface area contributed by atoms with Crippen LogP contribution in [0.15, 0.2) is 30.3 Å². The van der Waals surface area contributed by atoms with E-state index in [9.17, 15) is 4.79 Å². The predicted octanol–water partition coefficient (Wildman–Crippen LogP) is 3.09. The van der Waals surface area contributed by atoms with E-state index in [1.807, 2.05) is 37.3 Å². The molecule has 0 aliphatic rings. The van der Waals surface area contributed by atoms with E-state index in [1.165, 1.54) is 0 Å². The summed E-state index contributed by atoms with van der Waals surface area (Å²) in [5.41, 5.74) is 0.990. The molecule has 4 heteroatoms. The van der Waals surface area contributed by atoms with Gasteiger partial charge in [0.15, 0.2) is 0 Å². The molecule has 3 nitrogen and oxygen atoms in total. The predicted molar refractivity (Wildman–Crippen MR) is 67.6 cm³/mol. The van der Waals surface area contributed by atoms with E-state index in [2.05, 4.69) is 21.2 Å². The number of hydrogen-bond acceptors (Lipinski definition) is 2. The molecule has 88 valence electrons. The van der Waals surface area contributed by atoms with E-state index in [0.717, 1.165) is 17.3 Å². The van der Waals surface area contributed by atoms with Crippen LogP contribution in [0.1, 0.15) is 18.9 Å². The Kier molecular flexibility index (Phi) is 5.93. The molecular formula is C12H16BrNO2. The lowest BCUT2D eigenvalue weighted by atomic mass is 10.2. The van der Waals surface area contributed by atoms with E-state index < -0.39 is 0 Å². The van der Waals surface area contributed by atoms with Crippen molar-refractivity contribution in [2.75, 3.05) is 5.33 Å². The van der Waals surface area contributed by atoms with Crippen LogP contribution >= 0.6 is 15.9 Å². The Bertz CT molecular complexity index is 312. The van der Waals surface area contributed by atoms with Crippen molar-refractivity contribution in [1.29, 1.82) is 0 Å². The molecule has 0 saturated heterocycles. The van der Waals surface area contributed by atoms with Gasteiger partial charge in [0, 0.05) is 11.4 Å². The molecule has 1 unspecified atom stereocenters. The Balaban J connectivity index is 2.30. The fraction of sp³-hybridized carbons (Fsp3) is 0.417. The van der Waals surface area contributed by atoms with Crippen molar-refractivity contribution in [3.05, 3.63) is 35.9 Å². The minimum Gasteiger partial charge on any atom is -0.445 e. The van der Waals surface area contributed by atoms with Gasteiger partial charge in [-0.05, 0) is 12.0 Å². The highest BCUT2D eigenvalue weighted by molar-refractivity contribution is 9.09. The summed E-state index contributed by atoms with van der Waals surface area (Å²) in [6.07, 6.45) is 0.515. The van der Waals surface area contributed by atoms with Crippen LogP contribution in [-0.2, 0) is 11.3 Å². The molecule has 0 fully saturated rings. The summed E-state index contributed by atoms with van der Waals surface area (Å²) in [7, 11) is 0. The Morgan fingerprint density at radius 2 is 2.12 bits per heavy atom. The molecule has 0 radical (unpaired) electrons. The Hall–Kier alpha value is -1.03. The van der Waals surface area contributed by atoms with Crippen LogP contribution in [0, 0.1) is 0 Å². The minimum absolute atomic E-state index is 0.128. The summed E-state index contributed by atoms with van der Waals surface area (Å²) in [6.45, 7) is 2.33. The molecule has 0 spiro atoms. The van der Waals surface area contributed by atoms with Crippen molar-refractivity contribution in [1.82, 2.24) is 5.32 Å². The average molecular weight is 286 g/mol. The number of amides is 1. The summed E-state index contributed by atoms with van der Waals surface area (Å²) in [6, 6.07) is 9.75. The molecule has 0 aliphatic heterocycles. The van der Waals surface area contributed by atoms with E-state index in [0.29, 0.717) is 6.61 Å². The second-order valence-corrected chi connectivity index (χ2v) is 4.11.